The van der Waals surface area contributed by atoms with Crippen molar-refractivity contribution in [3.8, 4) is 0 Å². The van der Waals surface area contributed by atoms with Gasteiger partial charge in [0.1, 0.15) is 0 Å². The van der Waals surface area contributed by atoms with Gasteiger partial charge in [0, 0.05) is 16.8 Å². The van der Waals surface area contributed by atoms with E-state index >= 15 is 0 Å². The molecule has 0 heterocycles. The standard InChI is InChI=1S/CH3.Al.Co.Ni.3H/h1H3;;;;;;. The minimum Gasteiger partial charge on any atom is 0 e. The van der Waals surface area contributed by atoms with Crippen LogP contribution in [0.3, 0.4) is 0 Å². The Morgan fingerprint density at radius 2 is 1.25 bits per heavy atom. The molecule has 0 N–H and O–H groups in total. The molecule has 0 atom stereocenters. The van der Waals surface area contributed by atoms with Crippen LogP contribution in [0, 0.1) is 0 Å². The van der Waals surface area contributed by atoms with Crippen LogP contribution in [0.1, 0.15) is 0 Å². The molecule has 0 aliphatic carbocycles. The van der Waals surface area contributed by atoms with Crippen LogP contribution in [-0.2, 0) is 32.2 Å². The van der Waals surface area contributed by atoms with Gasteiger partial charge in [0.25, 0.3) is 0 Å². The van der Waals surface area contributed by atoms with E-state index in [0.29, 0.717) is 0 Å². The van der Waals surface area contributed by atoms with E-state index in [4.69, 9.17) is 0 Å². The monoisotopic (exact) mass is 162 g/mol. The van der Waals surface area contributed by atoms with E-state index in [1.54, 1.807) is 5.89 Å². The van der Waals surface area contributed by atoms with Crippen LogP contribution < -0.4 is 0 Å². The molecule has 0 saturated carbocycles. The summed E-state index contributed by atoms with van der Waals surface area (Å²) >= 11 is 3.88. The van der Waals surface area contributed by atoms with Crippen molar-refractivity contribution in [2.45, 2.75) is 5.89 Å². The molecule has 4 heavy (non-hydrogen) atoms. The Hall–Kier alpha value is 1.53. The van der Waals surface area contributed by atoms with Gasteiger partial charge in [-0.2, -0.15) is 0 Å². The van der Waals surface area contributed by atoms with Crippen LogP contribution in [0.25, 0.3) is 0 Å². The fourth-order valence-electron chi connectivity index (χ4n) is 0. The second-order valence-corrected chi connectivity index (χ2v) is 0. The zero-order valence-electron chi connectivity index (χ0n) is 1.65. The van der Waals surface area contributed by atoms with Crippen LogP contribution in [0.5, 0.6) is 0 Å². The maximum atomic E-state index is 3.88. The quantitative estimate of drug-likeness (QED) is 0.418. The third-order valence-corrected chi connectivity index (χ3v) is 0. The van der Waals surface area contributed by atoms with Crippen LogP contribution in [0.15, 0.2) is 0 Å². The summed E-state index contributed by atoms with van der Waals surface area (Å²) < 4.78 is 0. The van der Waals surface area contributed by atoms with Gasteiger partial charge in [0.15, 0.2) is 17.4 Å². The molecule has 0 amide bonds. The van der Waals surface area contributed by atoms with E-state index in [1.807, 2.05) is 0 Å². The summed E-state index contributed by atoms with van der Waals surface area (Å²) in [7, 11) is 0. The van der Waals surface area contributed by atoms with Crippen LogP contribution in [0.2, 0.25) is 5.89 Å². The van der Waals surface area contributed by atoms with Gasteiger partial charge < -0.3 is 0 Å². The van der Waals surface area contributed by atoms with Crippen molar-refractivity contribution in [3.63, 3.8) is 0 Å². The molecular weight excluding hydrogens is 157 g/mol. The van der Waals surface area contributed by atoms with Gasteiger partial charge in [-0.15, -0.1) is 0 Å². The Labute approximate surface area is 55.4 Å². The van der Waals surface area contributed by atoms with Gasteiger partial charge in [-0.05, 0) is 0 Å². The van der Waals surface area contributed by atoms with Gasteiger partial charge in [0.05, 0.1) is 0 Å². The predicted octanol–water partition coefficient (Wildman–Crippen LogP) is -0.605. The summed E-state index contributed by atoms with van der Waals surface area (Å²) in [4.78, 5) is 0. The molecule has 0 aromatic carbocycles. The van der Waals surface area contributed by atoms with Gasteiger partial charge in [-0.3, -0.25) is 0 Å². The molecule has 0 unspecified atom stereocenters. The first kappa shape index (κ1) is 17.7. The molecule has 0 aliphatic heterocycles. The fourth-order valence-corrected chi connectivity index (χ4v) is 0. The SMILES string of the molecule is [AlH3].[CH3][Ni].[Co]. The smallest absolute Gasteiger partial charge is 0 e. The van der Waals surface area contributed by atoms with E-state index in [-0.39, 0.29) is 34.1 Å². The minimum absolute atomic E-state index is 0. The van der Waals surface area contributed by atoms with Crippen molar-refractivity contribution in [1.82, 2.24) is 0 Å². The summed E-state index contributed by atoms with van der Waals surface area (Å²) in [5.41, 5.74) is 0. The second-order valence-electron chi connectivity index (χ2n) is 0. The summed E-state index contributed by atoms with van der Waals surface area (Å²) in [5, 5.41) is 0. The van der Waals surface area contributed by atoms with Crippen molar-refractivity contribution in [3.05, 3.63) is 0 Å². The van der Waals surface area contributed by atoms with Gasteiger partial charge >= 0.3 is 21.4 Å². The Morgan fingerprint density at radius 3 is 1.25 bits per heavy atom. The van der Waals surface area contributed by atoms with Crippen molar-refractivity contribution in [1.29, 1.82) is 0 Å². The number of rotatable bonds is 0. The molecule has 0 aliphatic rings. The van der Waals surface area contributed by atoms with Crippen molar-refractivity contribution in [2.24, 2.45) is 0 Å². The minimum atomic E-state index is 0. The van der Waals surface area contributed by atoms with Gasteiger partial charge in [-0.1, -0.05) is 0 Å². The maximum absolute atomic E-state index is 3.88. The Bertz CT molecular complexity index is 8.00. The zero-order chi connectivity index (χ0) is 2.00. The van der Waals surface area contributed by atoms with Gasteiger partial charge in [-0.25, -0.2) is 0 Å². The van der Waals surface area contributed by atoms with Crippen molar-refractivity contribution in [2.75, 3.05) is 0 Å². The molecule has 0 spiro atoms. The van der Waals surface area contributed by atoms with E-state index in [0.717, 1.165) is 0 Å². The van der Waals surface area contributed by atoms with E-state index in [9.17, 15) is 0 Å². The average molecular weight is 163 g/mol. The Balaban J connectivity index is -0.00000000500. The molecule has 0 bridgehead atoms. The van der Waals surface area contributed by atoms with E-state index in [1.165, 1.54) is 0 Å². The molecule has 0 rings (SSSR count). The summed E-state index contributed by atoms with van der Waals surface area (Å²) in [6.45, 7) is 0. The van der Waals surface area contributed by atoms with Crippen LogP contribution in [0.4, 0.5) is 0 Å². The van der Waals surface area contributed by atoms with Crippen molar-refractivity contribution < 1.29 is 32.2 Å². The first-order valence-electron chi connectivity index (χ1n) is 0.316. The largest absolute Gasteiger partial charge is 0 e. The first-order valence-corrected chi connectivity index (χ1v) is 1.30. The molecule has 0 fully saturated rings. The van der Waals surface area contributed by atoms with Gasteiger partial charge in [0.2, 0.25) is 0 Å². The average Bonchev–Trinajstić information content (AvgIpc) is 1.00. The van der Waals surface area contributed by atoms with Crippen LogP contribution in [-0.4, -0.2) is 17.4 Å². The molecule has 0 aromatic rings. The maximum Gasteiger partial charge on any atom is 0 e. The van der Waals surface area contributed by atoms with Crippen LogP contribution >= 0.6 is 0 Å². The molecule has 32 valence electrons. The van der Waals surface area contributed by atoms with Crippen molar-refractivity contribution >= 4 is 17.4 Å². The fraction of sp³-hybridized carbons (Fsp3) is 1.00. The molecule has 0 aromatic heterocycles. The normalized spacial score (nSPS) is 1.75. The Morgan fingerprint density at radius 1 is 1.25 bits per heavy atom. The molecule has 1 radical (unpaired) electrons. The molecular formula is CH6AlCoNi. The summed E-state index contributed by atoms with van der Waals surface area (Å²) in [5.74, 6) is 1.62. The first-order chi connectivity index (χ1) is 1.00. The molecule has 3 heteroatoms. The molecule has 0 saturated heterocycles. The zero-order valence-corrected chi connectivity index (χ0v) is 3.68. The molecule has 0 nitrogen and oxygen atoms in total. The number of hydrogen-bond acceptors (Lipinski definition) is 0. The van der Waals surface area contributed by atoms with E-state index in [2.05, 4.69) is 15.5 Å². The van der Waals surface area contributed by atoms with E-state index < -0.39 is 0 Å². The third-order valence-electron chi connectivity index (χ3n) is 0. The topological polar surface area (TPSA) is 0 Å². The Kier molecular flexibility index (Phi) is 107. The number of hydrogen-bond donors (Lipinski definition) is 0. The summed E-state index contributed by atoms with van der Waals surface area (Å²) in [6, 6.07) is 0. The summed E-state index contributed by atoms with van der Waals surface area (Å²) in [6.07, 6.45) is 0. The predicted molar refractivity (Wildman–Crippen MR) is 15.8 cm³/mol. The second kappa shape index (κ2) is 24.1. The third kappa shape index (κ3) is 9.65.